The summed E-state index contributed by atoms with van der Waals surface area (Å²) in [6.45, 7) is 2.97. The van der Waals surface area contributed by atoms with Crippen molar-refractivity contribution in [3.05, 3.63) is 66.5 Å². The number of para-hydroxylation sites is 2. The number of hydrogen-bond donors (Lipinski definition) is 0. The van der Waals surface area contributed by atoms with Crippen LogP contribution in [-0.4, -0.2) is 61.3 Å². The van der Waals surface area contributed by atoms with Gasteiger partial charge in [0.25, 0.3) is 0 Å². The van der Waals surface area contributed by atoms with Crippen molar-refractivity contribution < 1.29 is 4.74 Å². The monoisotopic (exact) mass is 420 g/mol. The summed E-state index contributed by atoms with van der Waals surface area (Å²) in [4.78, 5) is 2.21. The molecule has 1 aliphatic rings. The van der Waals surface area contributed by atoms with Crippen LogP contribution in [0.1, 0.15) is 5.82 Å². The molecule has 4 aromatic rings. The van der Waals surface area contributed by atoms with E-state index in [4.69, 9.17) is 4.74 Å². The average molecular weight is 421 g/mol. The van der Waals surface area contributed by atoms with Gasteiger partial charge in [-0.1, -0.05) is 48.2 Å². The molecule has 0 spiro atoms. The number of benzene rings is 2. The quantitative estimate of drug-likeness (QED) is 0.440. The Labute approximate surface area is 177 Å². The Balaban J connectivity index is 1.44. The lowest BCUT2D eigenvalue weighted by atomic mass is 10.3. The summed E-state index contributed by atoms with van der Waals surface area (Å²) < 4.78 is 9.34. The molecule has 0 bridgehead atoms. The standard InChI is InChI=1S/C20H20N8OS/c1-3-7-16(8-4-1)27-19(26-11-13-29-14-12-26)22-23-20(27)30-15-18-21-24-25-28(18)17-9-5-2-6-10-17/h1-10H,11-15H2. The van der Waals surface area contributed by atoms with Gasteiger partial charge in [-0.25, -0.2) is 0 Å². The predicted molar refractivity (Wildman–Crippen MR) is 113 cm³/mol. The van der Waals surface area contributed by atoms with Crippen molar-refractivity contribution in [1.82, 2.24) is 35.0 Å². The first kappa shape index (κ1) is 18.8. The van der Waals surface area contributed by atoms with Crippen molar-refractivity contribution >= 4 is 17.7 Å². The molecule has 0 aliphatic carbocycles. The zero-order chi connectivity index (χ0) is 20.2. The fraction of sp³-hybridized carbons (Fsp3) is 0.250. The predicted octanol–water partition coefficient (Wildman–Crippen LogP) is 2.37. The van der Waals surface area contributed by atoms with E-state index < -0.39 is 0 Å². The van der Waals surface area contributed by atoms with E-state index in [1.165, 1.54) is 0 Å². The van der Waals surface area contributed by atoms with Crippen molar-refractivity contribution in [3.63, 3.8) is 0 Å². The van der Waals surface area contributed by atoms with Gasteiger partial charge in [-0.3, -0.25) is 4.57 Å². The van der Waals surface area contributed by atoms with Gasteiger partial charge in [-0.2, -0.15) is 4.68 Å². The minimum absolute atomic E-state index is 0.565. The topological polar surface area (TPSA) is 86.8 Å². The number of hydrogen-bond acceptors (Lipinski definition) is 8. The van der Waals surface area contributed by atoms with Crippen LogP contribution < -0.4 is 4.90 Å². The minimum atomic E-state index is 0.565. The molecule has 0 saturated carbocycles. The number of anilines is 1. The van der Waals surface area contributed by atoms with Crippen LogP contribution in [0, 0.1) is 0 Å². The maximum atomic E-state index is 5.50. The van der Waals surface area contributed by atoms with Crippen molar-refractivity contribution in [2.24, 2.45) is 0 Å². The van der Waals surface area contributed by atoms with Gasteiger partial charge in [0.05, 0.1) is 30.3 Å². The fourth-order valence-corrected chi connectivity index (χ4v) is 4.17. The smallest absolute Gasteiger partial charge is 0.232 e. The molecule has 5 rings (SSSR count). The van der Waals surface area contributed by atoms with Gasteiger partial charge in [0, 0.05) is 13.1 Å². The molecule has 0 N–H and O–H groups in total. The third kappa shape index (κ3) is 3.79. The second kappa shape index (κ2) is 8.64. The second-order valence-corrected chi connectivity index (χ2v) is 7.63. The molecule has 1 aliphatic heterocycles. The van der Waals surface area contributed by atoms with Crippen LogP contribution in [-0.2, 0) is 10.5 Å². The van der Waals surface area contributed by atoms with Crippen LogP contribution in [0.4, 0.5) is 5.95 Å². The van der Waals surface area contributed by atoms with Gasteiger partial charge in [-0.05, 0) is 34.7 Å². The van der Waals surface area contributed by atoms with Crippen LogP contribution in [0.2, 0.25) is 0 Å². The zero-order valence-electron chi connectivity index (χ0n) is 16.2. The Hall–Kier alpha value is -3.24. The molecule has 0 atom stereocenters. The molecular formula is C20H20N8OS. The number of ether oxygens (including phenoxy) is 1. The highest BCUT2D eigenvalue weighted by Crippen LogP contribution is 2.29. The second-order valence-electron chi connectivity index (χ2n) is 6.68. The van der Waals surface area contributed by atoms with E-state index in [0.29, 0.717) is 19.0 Å². The molecule has 0 radical (unpaired) electrons. The largest absolute Gasteiger partial charge is 0.378 e. The summed E-state index contributed by atoms with van der Waals surface area (Å²) >= 11 is 1.56. The van der Waals surface area contributed by atoms with Crippen LogP contribution in [0.5, 0.6) is 0 Å². The SMILES string of the molecule is c1ccc(-n2nnnc2CSc2nnc(N3CCOCC3)n2-c2ccccc2)cc1. The molecule has 1 saturated heterocycles. The van der Waals surface area contributed by atoms with Crippen molar-refractivity contribution in [2.75, 3.05) is 31.2 Å². The molecule has 0 unspecified atom stereocenters. The lowest BCUT2D eigenvalue weighted by Crippen LogP contribution is -2.37. The molecule has 30 heavy (non-hydrogen) atoms. The summed E-state index contributed by atoms with van der Waals surface area (Å²) in [7, 11) is 0. The lowest BCUT2D eigenvalue weighted by molar-refractivity contribution is 0.122. The van der Waals surface area contributed by atoms with E-state index in [0.717, 1.165) is 41.4 Å². The van der Waals surface area contributed by atoms with E-state index in [-0.39, 0.29) is 0 Å². The van der Waals surface area contributed by atoms with Crippen LogP contribution >= 0.6 is 11.8 Å². The molecule has 2 aromatic carbocycles. The Morgan fingerprint density at radius 1 is 0.833 bits per heavy atom. The van der Waals surface area contributed by atoms with E-state index in [9.17, 15) is 0 Å². The lowest BCUT2D eigenvalue weighted by Gasteiger charge is -2.27. The van der Waals surface area contributed by atoms with Crippen LogP contribution in [0.3, 0.4) is 0 Å². The van der Waals surface area contributed by atoms with Crippen molar-refractivity contribution in [3.8, 4) is 11.4 Å². The van der Waals surface area contributed by atoms with Gasteiger partial charge < -0.3 is 9.64 Å². The molecule has 1 fully saturated rings. The first-order valence-electron chi connectivity index (χ1n) is 9.69. The molecule has 10 heteroatoms. The van der Waals surface area contributed by atoms with Gasteiger partial charge in [0.1, 0.15) is 0 Å². The molecule has 3 heterocycles. The normalized spacial score (nSPS) is 14.2. The number of thioether (sulfide) groups is 1. The third-order valence-corrected chi connectivity index (χ3v) is 5.71. The first-order valence-corrected chi connectivity index (χ1v) is 10.7. The van der Waals surface area contributed by atoms with Crippen molar-refractivity contribution in [1.29, 1.82) is 0 Å². The van der Waals surface area contributed by atoms with Gasteiger partial charge in [0.2, 0.25) is 5.95 Å². The van der Waals surface area contributed by atoms with E-state index in [2.05, 4.69) is 47.3 Å². The Bertz CT molecular complexity index is 1090. The summed E-state index contributed by atoms with van der Waals surface area (Å²) in [5.74, 6) is 2.15. The molecule has 152 valence electrons. The van der Waals surface area contributed by atoms with E-state index in [1.54, 1.807) is 16.4 Å². The summed E-state index contributed by atoms with van der Waals surface area (Å²) in [6.07, 6.45) is 0. The number of nitrogens with zero attached hydrogens (tertiary/aromatic N) is 8. The van der Waals surface area contributed by atoms with E-state index >= 15 is 0 Å². The highest BCUT2D eigenvalue weighted by atomic mass is 32.2. The minimum Gasteiger partial charge on any atom is -0.378 e. The summed E-state index contributed by atoms with van der Waals surface area (Å²) in [5, 5.41) is 22.0. The highest BCUT2D eigenvalue weighted by molar-refractivity contribution is 7.98. The summed E-state index contributed by atoms with van der Waals surface area (Å²) in [6, 6.07) is 20.0. The maximum Gasteiger partial charge on any atom is 0.232 e. The molecule has 9 nitrogen and oxygen atoms in total. The number of aromatic nitrogens is 7. The van der Waals surface area contributed by atoms with E-state index in [1.807, 2.05) is 48.5 Å². The number of rotatable bonds is 6. The van der Waals surface area contributed by atoms with Crippen LogP contribution in [0.25, 0.3) is 11.4 Å². The fourth-order valence-electron chi connectivity index (χ4n) is 3.32. The number of morpholine rings is 1. The Kier molecular flexibility index (Phi) is 5.40. The summed E-state index contributed by atoms with van der Waals surface area (Å²) in [5.41, 5.74) is 1.95. The Morgan fingerprint density at radius 2 is 1.53 bits per heavy atom. The van der Waals surface area contributed by atoms with Crippen LogP contribution in [0.15, 0.2) is 65.8 Å². The molecule has 2 aromatic heterocycles. The number of tetrazole rings is 1. The van der Waals surface area contributed by atoms with Gasteiger partial charge in [0.15, 0.2) is 11.0 Å². The Morgan fingerprint density at radius 3 is 2.27 bits per heavy atom. The molecular weight excluding hydrogens is 400 g/mol. The van der Waals surface area contributed by atoms with Gasteiger partial charge in [-0.15, -0.1) is 15.3 Å². The maximum absolute atomic E-state index is 5.50. The average Bonchev–Trinajstić information content (AvgIpc) is 3.46. The molecule has 0 amide bonds. The van der Waals surface area contributed by atoms with Gasteiger partial charge >= 0.3 is 0 Å². The third-order valence-electron chi connectivity index (χ3n) is 4.79. The van der Waals surface area contributed by atoms with Crippen molar-refractivity contribution in [2.45, 2.75) is 10.9 Å². The highest BCUT2D eigenvalue weighted by Gasteiger charge is 2.22. The zero-order valence-corrected chi connectivity index (χ0v) is 17.0. The first-order chi connectivity index (χ1) is 14.9.